The molecule has 0 spiro atoms. The number of rotatable bonds is 8. The van der Waals surface area contributed by atoms with Crippen molar-refractivity contribution in [2.45, 2.75) is 36.2 Å². The minimum Gasteiger partial charge on any atom is -0.453 e. The fraction of sp³-hybridized carbons (Fsp3) is 0.263. The fourth-order valence-corrected chi connectivity index (χ4v) is 3.52. The maximum atomic E-state index is 12.1. The number of aryl methyl sites for hydroxylation is 1. The van der Waals surface area contributed by atoms with Crippen LogP contribution in [0.4, 0.5) is 5.69 Å². The number of carbonyl (C=O) groups excluding carboxylic acids is 2. The number of carbonyl (C=O) groups is 2. The lowest BCUT2D eigenvalue weighted by Gasteiger charge is -2.13. The highest BCUT2D eigenvalue weighted by Gasteiger charge is 2.18. The van der Waals surface area contributed by atoms with E-state index in [0.29, 0.717) is 11.4 Å². The van der Waals surface area contributed by atoms with Gasteiger partial charge < -0.3 is 10.1 Å². The Morgan fingerprint density at radius 1 is 1.11 bits per heavy atom. The van der Waals surface area contributed by atoms with Gasteiger partial charge in [-0.05, 0) is 50.2 Å². The van der Waals surface area contributed by atoms with E-state index >= 15 is 0 Å². The van der Waals surface area contributed by atoms with Gasteiger partial charge in [0.05, 0.1) is 11.3 Å². The second-order valence-electron chi connectivity index (χ2n) is 6.10. The number of sulfonamides is 1. The van der Waals surface area contributed by atoms with E-state index in [1.165, 1.54) is 48.5 Å². The van der Waals surface area contributed by atoms with Crippen LogP contribution in [-0.2, 0) is 24.3 Å². The molecule has 2 aromatic rings. The molecular weight excluding hydrogens is 400 g/mol. The molecule has 0 aliphatic carbocycles. The Morgan fingerprint density at radius 2 is 1.71 bits per heavy atom. The molecule has 0 heterocycles. The van der Waals surface area contributed by atoms with Gasteiger partial charge in [-0.3, -0.25) is 9.59 Å². The van der Waals surface area contributed by atoms with E-state index < -0.39 is 28.0 Å². The van der Waals surface area contributed by atoms with Crippen LogP contribution in [0.2, 0.25) is 0 Å². The summed E-state index contributed by atoms with van der Waals surface area (Å²) in [5, 5.41) is 7.58. The van der Waals surface area contributed by atoms with Gasteiger partial charge in [-0.15, -0.1) is 11.8 Å². The van der Waals surface area contributed by atoms with Crippen LogP contribution < -0.4 is 10.5 Å². The summed E-state index contributed by atoms with van der Waals surface area (Å²) in [5.41, 5.74) is 1.54. The smallest absolute Gasteiger partial charge is 0.307 e. The van der Waals surface area contributed by atoms with E-state index in [9.17, 15) is 18.0 Å². The van der Waals surface area contributed by atoms with Crippen molar-refractivity contribution in [3.8, 4) is 0 Å². The van der Waals surface area contributed by atoms with Crippen molar-refractivity contribution >= 4 is 39.3 Å². The van der Waals surface area contributed by atoms with E-state index in [-0.39, 0.29) is 11.3 Å². The maximum absolute atomic E-state index is 12.1. The minimum atomic E-state index is -3.80. The number of benzene rings is 2. The first-order valence-electron chi connectivity index (χ1n) is 8.48. The van der Waals surface area contributed by atoms with Gasteiger partial charge in [0, 0.05) is 16.3 Å². The van der Waals surface area contributed by atoms with E-state index in [2.05, 4.69) is 5.32 Å². The first-order chi connectivity index (χ1) is 13.1. The molecule has 1 unspecified atom stereocenters. The first kappa shape index (κ1) is 21.9. The molecule has 1 amide bonds. The summed E-state index contributed by atoms with van der Waals surface area (Å²) in [6, 6.07) is 13.4. The number of ether oxygens (including phenoxy) is 1. The van der Waals surface area contributed by atoms with Gasteiger partial charge in [-0.25, -0.2) is 13.6 Å². The van der Waals surface area contributed by atoms with Crippen molar-refractivity contribution in [2.75, 3.05) is 11.1 Å². The Labute approximate surface area is 168 Å². The normalized spacial score (nSPS) is 12.2. The molecule has 0 saturated heterocycles. The van der Waals surface area contributed by atoms with Gasteiger partial charge in [0.25, 0.3) is 5.91 Å². The highest BCUT2D eigenvalue weighted by molar-refractivity contribution is 7.99. The number of primary sulfonamides is 1. The largest absolute Gasteiger partial charge is 0.453 e. The maximum Gasteiger partial charge on any atom is 0.307 e. The third-order valence-corrected chi connectivity index (χ3v) is 5.67. The van der Waals surface area contributed by atoms with E-state index in [1.54, 1.807) is 0 Å². The Balaban J connectivity index is 1.77. The highest BCUT2D eigenvalue weighted by atomic mass is 32.2. The van der Waals surface area contributed by atoms with Crippen molar-refractivity contribution in [2.24, 2.45) is 5.14 Å². The summed E-state index contributed by atoms with van der Waals surface area (Å²) in [4.78, 5) is 25.0. The van der Waals surface area contributed by atoms with E-state index in [4.69, 9.17) is 9.88 Å². The second kappa shape index (κ2) is 9.72. The molecule has 2 aromatic carbocycles. The summed E-state index contributed by atoms with van der Waals surface area (Å²) in [5.74, 6) is -0.430. The molecule has 150 valence electrons. The lowest BCUT2D eigenvalue weighted by molar-refractivity contribution is -0.152. The second-order valence-corrected chi connectivity index (χ2v) is 8.83. The lowest BCUT2D eigenvalue weighted by Crippen LogP contribution is -2.30. The Morgan fingerprint density at radius 3 is 2.29 bits per heavy atom. The zero-order valence-electron chi connectivity index (χ0n) is 15.5. The molecule has 1 atom stereocenters. The number of hydrogen-bond acceptors (Lipinski definition) is 6. The summed E-state index contributed by atoms with van der Waals surface area (Å²) in [7, 11) is -3.80. The predicted molar refractivity (Wildman–Crippen MR) is 109 cm³/mol. The molecule has 0 fully saturated rings. The number of amides is 1. The van der Waals surface area contributed by atoms with E-state index in [1.807, 2.05) is 31.2 Å². The van der Waals surface area contributed by atoms with Crippen LogP contribution in [0.5, 0.6) is 0 Å². The predicted octanol–water partition coefficient (Wildman–Crippen LogP) is 2.70. The topological polar surface area (TPSA) is 116 Å². The van der Waals surface area contributed by atoms with Crippen molar-refractivity contribution in [3.05, 3.63) is 54.1 Å². The van der Waals surface area contributed by atoms with Gasteiger partial charge in [-0.2, -0.15) is 0 Å². The van der Waals surface area contributed by atoms with Crippen molar-refractivity contribution in [3.63, 3.8) is 0 Å². The highest BCUT2D eigenvalue weighted by Crippen LogP contribution is 2.19. The van der Waals surface area contributed by atoms with Crippen LogP contribution in [0.1, 0.15) is 18.9 Å². The average Bonchev–Trinajstić information content (AvgIpc) is 2.63. The minimum absolute atomic E-state index is 0.0592. The summed E-state index contributed by atoms with van der Waals surface area (Å²) in [6.45, 7) is 3.48. The fourth-order valence-electron chi connectivity index (χ4n) is 2.17. The van der Waals surface area contributed by atoms with Crippen molar-refractivity contribution in [1.82, 2.24) is 0 Å². The molecule has 28 heavy (non-hydrogen) atoms. The van der Waals surface area contributed by atoms with Crippen molar-refractivity contribution in [1.29, 1.82) is 0 Å². The van der Waals surface area contributed by atoms with Gasteiger partial charge in [0.2, 0.25) is 10.0 Å². The quantitative estimate of drug-likeness (QED) is 0.499. The van der Waals surface area contributed by atoms with Gasteiger partial charge in [-0.1, -0.05) is 17.7 Å². The molecule has 0 saturated carbocycles. The lowest BCUT2D eigenvalue weighted by atomic mass is 10.2. The van der Waals surface area contributed by atoms with Crippen LogP contribution >= 0.6 is 11.8 Å². The van der Waals surface area contributed by atoms with Gasteiger partial charge >= 0.3 is 5.97 Å². The van der Waals surface area contributed by atoms with Crippen LogP contribution in [-0.4, -0.2) is 32.2 Å². The molecule has 7 nitrogen and oxygen atoms in total. The third kappa shape index (κ3) is 6.99. The standard InChI is InChI=1S/C19H22N2O5S2/c1-13-3-7-16(8-4-13)27-12-11-18(22)26-14(2)19(23)21-15-5-9-17(10-6-15)28(20,24)25/h3-10,14H,11-12H2,1-2H3,(H,21,23)(H2,20,24,25). The molecule has 0 aliphatic rings. The SMILES string of the molecule is Cc1ccc(SCCC(=O)OC(C)C(=O)Nc2ccc(S(N)(=O)=O)cc2)cc1. The number of hydrogen-bond donors (Lipinski definition) is 2. The molecule has 3 N–H and O–H groups in total. The molecule has 9 heteroatoms. The van der Waals surface area contributed by atoms with Crippen LogP contribution in [0.3, 0.4) is 0 Å². The Hall–Kier alpha value is -2.36. The number of thioether (sulfide) groups is 1. The van der Waals surface area contributed by atoms with E-state index in [0.717, 1.165) is 4.90 Å². The molecule has 0 aliphatic heterocycles. The molecule has 0 aromatic heterocycles. The monoisotopic (exact) mass is 422 g/mol. The zero-order chi connectivity index (χ0) is 20.7. The third-order valence-electron chi connectivity index (χ3n) is 3.72. The first-order valence-corrected chi connectivity index (χ1v) is 11.0. The van der Waals surface area contributed by atoms with Gasteiger partial charge in [0.1, 0.15) is 0 Å². The van der Waals surface area contributed by atoms with Gasteiger partial charge in [0.15, 0.2) is 6.10 Å². The van der Waals surface area contributed by atoms with Crippen molar-refractivity contribution < 1.29 is 22.7 Å². The molecule has 2 rings (SSSR count). The number of nitrogens with two attached hydrogens (primary N) is 1. The summed E-state index contributed by atoms with van der Waals surface area (Å²) < 4.78 is 27.6. The molecule has 0 radical (unpaired) electrons. The Kier molecular flexibility index (Phi) is 7.61. The Bertz CT molecular complexity index is 926. The number of nitrogens with one attached hydrogen (secondary N) is 1. The van der Waals surface area contributed by atoms with Crippen LogP contribution in [0.15, 0.2) is 58.3 Å². The number of esters is 1. The zero-order valence-corrected chi connectivity index (χ0v) is 17.2. The average molecular weight is 423 g/mol. The summed E-state index contributed by atoms with van der Waals surface area (Å²) in [6.07, 6.45) is -0.797. The molecular formula is C19H22N2O5S2. The molecule has 0 bridgehead atoms. The number of anilines is 1. The van der Waals surface area contributed by atoms with Crippen LogP contribution in [0.25, 0.3) is 0 Å². The van der Waals surface area contributed by atoms with Crippen LogP contribution in [0, 0.1) is 6.92 Å². The summed E-state index contributed by atoms with van der Waals surface area (Å²) >= 11 is 1.54.